The maximum absolute atomic E-state index is 10.6. The van der Waals surface area contributed by atoms with Crippen LogP contribution in [0.3, 0.4) is 0 Å². The summed E-state index contributed by atoms with van der Waals surface area (Å²) in [5.74, 6) is 0.552. The maximum atomic E-state index is 10.6. The summed E-state index contributed by atoms with van der Waals surface area (Å²) < 4.78 is 0. The third kappa shape index (κ3) is 11.7. The van der Waals surface area contributed by atoms with Crippen LogP contribution in [0, 0.1) is 0 Å². The average molecular weight is 403 g/mol. The van der Waals surface area contributed by atoms with Crippen molar-refractivity contribution in [2.24, 2.45) is 0 Å². The van der Waals surface area contributed by atoms with Crippen LogP contribution in [-0.4, -0.2) is 5.11 Å². The summed E-state index contributed by atoms with van der Waals surface area (Å²) in [6.45, 7) is 6.84. The van der Waals surface area contributed by atoms with Crippen LogP contribution in [0.5, 0.6) is 5.75 Å². The summed E-state index contributed by atoms with van der Waals surface area (Å²) in [4.78, 5) is 0. The van der Waals surface area contributed by atoms with Crippen molar-refractivity contribution in [3.63, 3.8) is 0 Å². The molecular formula is C28H50O. The highest BCUT2D eigenvalue weighted by atomic mass is 16.3. The predicted octanol–water partition coefficient (Wildman–Crippen LogP) is 9.32. The summed E-state index contributed by atoms with van der Waals surface area (Å²) in [5.41, 5.74) is 4.29. The lowest BCUT2D eigenvalue weighted by molar-refractivity contribution is 0.463. The lowest BCUT2D eigenvalue weighted by Gasteiger charge is -2.17. The van der Waals surface area contributed by atoms with E-state index in [0.717, 1.165) is 12.8 Å². The van der Waals surface area contributed by atoms with Gasteiger partial charge in [-0.05, 0) is 61.3 Å². The molecule has 0 aliphatic carbocycles. The van der Waals surface area contributed by atoms with Gasteiger partial charge in [-0.15, -0.1) is 0 Å². The van der Waals surface area contributed by atoms with Gasteiger partial charge in [-0.25, -0.2) is 0 Å². The Morgan fingerprint density at radius 1 is 0.483 bits per heavy atom. The zero-order chi connectivity index (χ0) is 21.2. The summed E-state index contributed by atoms with van der Waals surface area (Å²) >= 11 is 0. The monoisotopic (exact) mass is 402 g/mol. The van der Waals surface area contributed by atoms with Crippen LogP contribution in [-0.2, 0) is 19.3 Å². The van der Waals surface area contributed by atoms with E-state index in [9.17, 15) is 5.11 Å². The number of phenolic OH excluding ortho intramolecular Hbond substituents is 1. The highest BCUT2D eigenvalue weighted by Gasteiger charge is 2.13. The molecule has 0 radical (unpaired) electrons. The first-order valence-electron chi connectivity index (χ1n) is 13.1. The van der Waals surface area contributed by atoms with Crippen LogP contribution in [0.1, 0.15) is 140 Å². The molecule has 0 spiro atoms. The van der Waals surface area contributed by atoms with Gasteiger partial charge in [-0.3, -0.25) is 0 Å². The van der Waals surface area contributed by atoms with Gasteiger partial charge in [0, 0.05) is 0 Å². The molecular weight excluding hydrogens is 352 g/mol. The lowest BCUT2D eigenvalue weighted by Crippen LogP contribution is -2.03. The Bertz CT molecular complexity index is 505. The Labute approximate surface area is 182 Å². The third-order valence-corrected chi connectivity index (χ3v) is 6.36. The second kappa shape index (κ2) is 17.8. The molecule has 0 amide bonds. The van der Waals surface area contributed by atoms with Gasteiger partial charge in [0.15, 0.2) is 0 Å². The molecule has 29 heavy (non-hydrogen) atoms. The van der Waals surface area contributed by atoms with Gasteiger partial charge in [0.2, 0.25) is 0 Å². The zero-order valence-electron chi connectivity index (χ0n) is 20.0. The second-order valence-electron chi connectivity index (χ2n) is 9.05. The van der Waals surface area contributed by atoms with Crippen molar-refractivity contribution in [1.29, 1.82) is 0 Å². The first-order chi connectivity index (χ1) is 14.2. The average Bonchev–Trinajstić information content (AvgIpc) is 2.72. The van der Waals surface area contributed by atoms with Crippen LogP contribution < -0.4 is 0 Å². The first kappa shape index (κ1) is 26.1. The van der Waals surface area contributed by atoms with E-state index in [2.05, 4.69) is 26.8 Å². The molecule has 0 aliphatic heterocycles. The Kier molecular flexibility index (Phi) is 16.0. The molecule has 0 heterocycles. The Balaban J connectivity index is 2.62. The van der Waals surface area contributed by atoms with Crippen molar-refractivity contribution in [2.45, 2.75) is 143 Å². The van der Waals surface area contributed by atoms with Gasteiger partial charge in [0.1, 0.15) is 5.75 Å². The van der Waals surface area contributed by atoms with Gasteiger partial charge in [0.25, 0.3) is 0 Å². The van der Waals surface area contributed by atoms with Crippen LogP contribution >= 0.6 is 0 Å². The molecule has 0 atom stereocenters. The number of hydrogen-bond acceptors (Lipinski definition) is 1. The van der Waals surface area contributed by atoms with Gasteiger partial charge in [-0.2, -0.15) is 0 Å². The number of benzene rings is 1. The molecule has 1 N–H and O–H groups in total. The molecule has 0 aromatic heterocycles. The van der Waals surface area contributed by atoms with Gasteiger partial charge < -0.3 is 5.11 Å². The molecule has 0 aliphatic rings. The largest absolute Gasteiger partial charge is 0.508 e. The number of aryl methyl sites for hydroxylation is 1. The van der Waals surface area contributed by atoms with E-state index in [-0.39, 0.29) is 0 Å². The minimum absolute atomic E-state index is 0.552. The molecule has 0 bridgehead atoms. The van der Waals surface area contributed by atoms with E-state index in [1.807, 2.05) is 6.07 Å². The van der Waals surface area contributed by atoms with Crippen LogP contribution in [0.2, 0.25) is 0 Å². The summed E-state index contributed by atoms with van der Waals surface area (Å²) in [7, 11) is 0. The van der Waals surface area contributed by atoms with E-state index in [1.165, 1.54) is 126 Å². The smallest absolute Gasteiger partial charge is 0.119 e. The highest BCUT2D eigenvalue weighted by Crippen LogP contribution is 2.30. The molecule has 0 saturated heterocycles. The van der Waals surface area contributed by atoms with Crippen molar-refractivity contribution in [3.05, 3.63) is 28.8 Å². The number of unbranched alkanes of at least 4 members (excludes halogenated alkanes) is 13. The Morgan fingerprint density at radius 3 is 1.45 bits per heavy atom. The summed E-state index contributed by atoms with van der Waals surface area (Å²) in [5, 5.41) is 10.6. The second-order valence-corrected chi connectivity index (χ2v) is 9.05. The predicted molar refractivity (Wildman–Crippen MR) is 130 cm³/mol. The maximum Gasteiger partial charge on any atom is 0.119 e. The van der Waals surface area contributed by atoms with E-state index in [1.54, 1.807) is 0 Å². The van der Waals surface area contributed by atoms with Crippen LogP contribution in [0.25, 0.3) is 0 Å². The normalized spacial score (nSPS) is 11.3. The third-order valence-electron chi connectivity index (χ3n) is 6.36. The van der Waals surface area contributed by atoms with Gasteiger partial charge in [0.05, 0.1) is 0 Å². The molecule has 1 rings (SSSR count). The van der Waals surface area contributed by atoms with Crippen LogP contribution in [0.4, 0.5) is 0 Å². The zero-order valence-corrected chi connectivity index (χ0v) is 20.0. The van der Waals surface area contributed by atoms with Crippen molar-refractivity contribution >= 4 is 0 Å². The molecule has 168 valence electrons. The van der Waals surface area contributed by atoms with E-state index < -0.39 is 0 Å². The number of aromatic hydroxyl groups is 1. The first-order valence-corrected chi connectivity index (χ1v) is 13.1. The lowest BCUT2D eigenvalue weighted by atomic mass is 9.89. The quantitative estimate of drug-likeness (QED) is 0.228. The summed E-state index contributed by atoms with van der Waals surface area (Å²) in [6, 6.07) is 4.19. The van der Waals surface area contributed by atoms with E-state index >= 15 is 0 Å². The van der Waals surface area contributed by atoms with Crippen molar-refractivity contribution in [1.82, 2.24) is 0 Å². The number of phenols is 1. The topological polar surface area (TPSA) is 20.2 Å². The Morgan fingerprint density at radius 2 is 0.897 bits per heavy atom. The van der Waals surface area contributed by atoms with Crippen molar-refractivity contribution in [3.8, 4) is 5.75 Å². The summed E-state index contributed by atoms with van der Waals surface area (Å²) in [6.07, 6.45) is 24.7. The minimum atomic E-state index is 0.552. The highest BCUT2D eigenvalue weighted by molar-refractivity contribution is 5.45. The number of hydrogen-bond donors (Lipinski definition) is 1. The Hall–Kier alpha value is -0.980. The fourth-order valence-electron chi connectivity index (χ4n) is 4.46. The SMILES string of the molecule is CCCCCCCCCCc1c(O)ccc(CCCCC)c1CCCCCCC. The molecule has 1 heteroatoms. The van der Waals surface area contributed by atoms with Crippen LogP contribution in [0.15, 0.2) is 12.1 Å². The molecule has 0 saturated carbocycles. The number of rotatable bonds is 19. The van der Waals surface area contributed by atoms with E-state index in [0.29, 0.717) is 5.75 Å². The molecule has 1 aromatic carbocycles. The van der Waals surface area contributed by atoms with Gasteiger partial charge >= 0.3 is 0 Å². The molecule has 1 nitrogen and oxygen atoms in total. The van der Waals surface area contributed by atoms with Crippen molar-refractivity contribution < 1.29 is 5.11 Å². The standard InChI is InChI=1S/C28H50O/c1-4-7-10-12-13-14-16-19-22-27-26(21-18-15-11-8-5-2)25(20-17-9-6-3)23-24-28(27)29/h23-24,29H,4-22H2,1-3H3. The molecule has 0 unspecified atom stereocenters. The van der Waals surface area contributed by atoms with Crippen molar-refractivity contribution in [2.75, 3.05) is 0 Å². The van der Waals surface area contributed by atoms with E-state index in [4.69, 9.17) is 0 Å². The minimum Gasteiger partial charge on any atom is -0.508 e. The fourth-order valence-corrected chi connectivity index (χ4v) is 4.46. The molecule has 1 aromatic rings. The molecule has 0 fully saturated rings. The van der Waals surface area contributed by atoms with Gasteiger partial charge in [-0.1, -0.05) is 110 Å². The fraction of sp³-hybridized carbons (Fsp3) is 0.786.